The predicted octanol–water partition coefficient (Wildman–Crippen LogP) is 3.11. The predicted molar refractivity (Wildman–Crippen MR) is 85.8 cm³/mol. The highest BCUT2D eigenvalue weighted by Gasteiger charge is 2.21. The second kappa shape index (κ2) is 5.48. The fourth-order valence-electron chi connectivity index (χ4n) is 2.86. The molecule has 4 heterocycles. The summed E-state index contributed by atoms with van der Waals surface area (Å²) >= 11 is 2.05. The maximum atomic E-state index is 4.82. The lowest BCUT2D eigenvalue weighted by atomic mass is 10.1. The largest absolute Gasteiger partial charge is 0.281 e. The van der Waals surface area contributed by atoms with E-state index in [9.17, 15) is 0 Å². The summed E-state index contributed by atoms with van der Waals surface area (Å²) in [7, 11) is 0. The highest BCUT2D eigenvalue weighted by Crippen LogP contribution is 2.28. The topological polar surface area (TPSA) is 43.6 Å². The Hall–Kier alpha value is -1.88. The van der Waals surface area contributed by atoms with Gasteiger partial charge in [0.2, 0.25) is 0 Å². The first kappa shape index (κ1) is 12.8. The number of pyridine rings is 2. The van der Waals surface area contributed by atoms with Crippen LogP contribution in [0.4, 0.5) is 0 Å². The first-order valence-electron chi connectivity index (χ1n) is 7.22. The molecule has 0 aliphatic carbocycles. The number of aromatic nitrogens is 4. The minimum absolute atomic E-state index is 0.729. The van der Waals surface area contributed by atoms with Crippen LogP contribution in [0.15, 0.2) is 42.9 Å². The van der Waals surface area contributed by atoms with E-state index in [2.05, 4.69) is 14.5 Å². The third kappa shape index (κ3) is 2.42. The second-order valence-electron chi connectivity index (χ2n) is 5.35. The van der Waals surface area contributed by atoms with Crippen LogP contribution in [-0.4, -0.2) is 31.0 Å². The summed E-state index contributed by atoms with van der Waals surface area (Å²) in [4.78, 5) is 13.5. The van der Waals surface area contributed by atoms with E-state index in [0.29, 0.717) is 0 Å². The molecule has 0 N–H and O–H groups in total. The average molecular weight is 296 g/mol. The Labute approximate surface area is 127 Å². The van der Waals surface area contributed by atoms with E-state index >= 15 is 0 Å². The van der Waals surface area contributed by atoms with Crippen molar-refractivity contribution in [1.82, 2.24) is 19.5 Å². The van der Waals surface area contributed by atoms with Crippen molar-refractivity contribution >= 4 is 22.9 Å². The van der Waals surface area contributed by atoms with Gasteiger partial charge < -0.3 is 0 Å². The molecule has 106 valence electrons. The minimum atomic E-state index is 0.729. The average Bonchev–Trinajstić information content (AvgIpc) is 3.15. The van der Waals surface area contributed by atoms with Crippen LogP contribution in [0, 0.1) is 5.92 Å². The lowest BCUT2D eigenvalue weighted by Crippen LogP contribution is -2.09. The molecule has 1 saturated heterocycles. The molecule has 1 aliphatic rings. The summed E-state index contributed by atoms with van der Waals surface area (Å²) in [5.41, 5.74) is 2.99. The molecule has 1 aliphatic heterocycles. The Balaban J connectivity index is 1.84. The van der Waals surface area contributed by atoms with Crippen molar-refractivity contribution in [3.63, 3.8) is 0 Å². The van der Waals surface area contributed by atoms with Crippen molar-refractivity contribution in [2.45, 2.75) is 12.8 Å². The van der Waals surface area contributed by atoms with E-state index in [1.54, 1.807) is 0 Å². The number of fused-ring (bicyclic) bond motifs is 1. The summed E-state index contributed by atoms with van der Waals surface area (Å²) in [6.07, 6.45) is 7.78. The number of hydrogen-bond donors (Lipinski definition) is 0. The zero-order valence-corrected chi connectivity index (χ0v) is 12.5. The van der Waals surface area contributed by atoms with Gasteiger partial charge >= 0.3 is 0 Å². The molecule has 1 unspecified atom stereocenters. The first-order valence-corrected chi connectivity index (χ1v) is 8.38. The van der Waals surface area contributed by atoms with Crippen LogP contribution >= 0.6 is 11.8 Å². The maximum Gasteiger partial charge on any atom is 0.164 e. The van der Waals surface area contributed by atoms with Crippen LogP contribution in [0.1, 0.15) is 12.2 Å². The van der Waals surface area contributed by atoms with Gasteiger partial charge in [-0.1, -0.05) is 0 Å². The molecular weight excluding hydrogens is 280 g/mol. The molecular formula is C16H16N4S. The highest BCUT2D eigenvalue weighted by atomic mass is 32.2. The van der Waals surface area contributed by atoms with Crippen LogP contribution in [0.25, 0.3) is 16.9 Å². The molecule has 3 aromatic heterocycles. The van der Waals surface area contributed by atoms with Crippen molar-refractivity contribution in [3.8, 4) is 5.69 Å². The summed E-state index contributed by atoms with van der Waals surface area (Å²) < 4.78 is 2.18. The molecule has 5 heteroatoms. The number of hydrogen-bond acceptors (Lipinski definition) is 4. The van der Waals surface area contributed by atoms with Gasteiger partial charge in [-0.25, -0.2) is 9.97 Å². The molecule has 0 saturated carbocycles. The minimum Gasteiger partial charge on any atom is -0.281 e. The lowest BCUT2D eigenvalue weighted by molar-refractivity contribution is 0.572. The summed E-state index contributed by atoms with van der Waals surface area (Å²) in [6.45, 7) is 0. The molecule has 0 spiro atoms. The molecule has 21 heavy (non-hydrogen) atoms. The maximum absolute atomic E-state index is 4.82. The van der Waals surface area contributed by atoms with Gasteiger partial charge in [-0.05, 0) is 48.1 Å². The summed E-state index contributed by atoms with van der Waals surface area (Å²) in [5.74, 6) is 4.36. The van der Waals surface area contributed by atoms with Crippen LogP contribution in [0.2, 0.25) is 0 Å². The molecule has 3 aromatic rings. The van der Waals surface area contributed by atoms with E-state index in [4.69, 9.17) is 4.98 Å². The molecule has 0 aromatic carbocycles. The van der Waals surface area contributed by atoms with Crippen LogP contribution in [0.3, 0.4) is 0 Å². The Morgan fingerprint density at radius 2 is 2.10 bits per heavy atom. The number of rotatable bonds is 3. The number of nitrogens with zero attached hydrogens (tertiary/aromatic N) is 4. The third-order valence-electron chi connectivity index (χ3n) is 3.90. The van der Waals surface area contributed by atoms with Crippen LogP contribution in [0.5, 0.6) is 0 Å². The number of thioether (sulfide) groups is 1. The molecule has 4 rings (SSSR count). The molecule has 0 bridgehead atoms. The Morgan fingerprint density at radius 3 is 2.90 bits per heavy atom. The van der Waals surface area contributed by atoms with Gasteiger partial charge in [0, 0.05) is 25.0 Å². The molecule has 0 amide bonds. The van der Waals surface area contributed by atoms with Crippen LogP contribution in [-0.2, 0) is 6.42 Å². The van der Waals surface area contributed by atoms with Crippen LogP contribution < -0.4 is 0 Å². The van der Waals surface area contributed by atoms with E-state index < -0.39 is 0 Å². The van der Waals surface area contributed by atoms with Crippen molar-refractivity contribution in [2.24, 2.45) is 5.92 Å². The fraction of sp³-hybridized carbons (Fsp3) is 0.312. The highest BCUT2D eigenvalue weighted by molar-refractivity contribution is 7.99. The van der Waals surface area contributed by atoms with E-state index in [1.165, 1.54) is 17.9 Å². The Bertz CT molecular complexity index is 747. The molecule has 1 fully saturated rings. The zero-order chi connectivity index (χ0) is 14.1. The fourth-order valence-corrected chi connectivity index (χ4v) is 4.15. The monoisotopic (exact) mass is 296 g/mol. The van der Waals surface area contributed by atoms with Gasteiger partial charge in [0.15, 0.2) is 5.65 Å². The standard InChI is InChI=1S/C16H16N4S/c1-2-14-16(18-6-1)20(13-3-7-17-8-4-13)15(19-14)10-12-5-9-21-11-12/h1-4,6-8,12H,5,9-11H2. The van der Waals surface area contributed by atoms with Crippen molar-refractivity contribution in [2.75, 3.05) is 11.5 Å². The normalized spacial score (nSPS) is 18.4. The Kier molecular flexibility index (Phi) is 3.35. The van der Waals surface area contributed by atoms with Crippen molar-refractivity contribution in [3.05, 3.63) is 48.7 Å². The quantitative estimate of drug-likeness (QED) is 0.745. The summed E-state index contributed by atoms with van der Waals surface area (Å²) in [5, 5.41) is 0. The van der Waals surface area contributed by atoms with E-state index in [-0.39, 0.29) is 0 Å². The van der Waals surface area contributed by atoms with Gasteiger partial charge in [-0.3, -0.25) is 9.55 Å². The second-order valence-corrected chi connectivity index (χ2v) is 6.50. The molecule has 0 radical (unpaired) electrons. The first-order chi connectivity index (χ1) is 10.4. The van der Waals surface area contributed by atoms with Gasteiger partial charge in [-0.15, -0.1) is 0 Å². The van der Waals surface area contributed by atoms with E-state index in [1.807, 2.05) is 54.6 Å². The molecule has 1 atom stereocenters. The smallest absolute Gasteiger partial charge is 0.164 e. The van der Waals surface area contributed by atoms with E-state index in [0.717, 1.165) is 35.0 Å². The third-order valence-corrected chi connectivity index (χ3v) is 5.13. The van der Waals surface area contributed by atoms with Crippen molar-refractivity contribution < 1.29 is 0 Å². The number of imidazole rings is 1. The van der Waals surface area contributed by atoms with Gasteiger partial charge in [-0.2, -0.15) is 11.8 Å². The SMILES string of the molecule is c1cnc2c(c1)nc(CC1CCSC1)n2-c1ccncc1. The zero-order valence-electron chi connectivity index (χ0n) is 11.6. The van der Waals surface area contributed by atoms with Gasteiger partial charge in [0.1, 0.15) is 11.3 Å². The lowest BCUT2D eigenvalue weighted by Gasteiger charge is -2.11. The molecule has 4 nitrogen and oxygen atoms in total. The Morgan fingerprint density at radius 1 is 1.19 bits per heavy atom. The van der Waals surface area contributed by atoms with Crippen molar-refractivity contribution in [1.29, 1.82) is 0 Å². The summed E-state index contributed by atoms with van der Waals surface area (Å²) in [6, 6.07) is 8.01. The van der Waals surface area contributed by atoms with Gasteiger partial charge in [0.25, 0.3) is 0 Å². The van der Waals surface area contributed by atoms with Gasteiger partial charge in [0.05, 0.1) is 5.69 Å².